The molecular formula is C20H34ClN3O3S. The fraction of sp³-hybridized carbons (Fsp3) is 0.650. The maximum Gasteiger partial charge on any atom is 0.241 e. The zero-order valence-electron chi connectivity index (χ0n) is 17.1. The number of hydrogen-bond donors (Lipinski definition) is 3. The average molecular weight is 432 g/mol. The van der Waals surface area contributed by atoms with Gasteiger partial charge in [0.1, 0.15) is 0 Å². The third-order valence-corrected chi connectivity index (χ3v) is 7.10. The first-order valence-corrected chi connectivity index (χ1v) is 11.3. The van der Waals surface area contributed by atoms with Crippen LogP contribution in [0.4, 0.5) is 0 Å². The second-order valence-electron chi connectivity index (χ2n) is 7.68. The highest BCUT2D eigenvalue weighted by atomic mass is 35.5. The highest BCUT2D eigenvalue weighted by Crippen LogP contribution is 2.26. The summed E-state index contributed by atoms with van der Waals surface area (Å²) in [6.45, 7) is 6.01. The Balaban J connectivity index is 0.00000392. The van der Waals surface area contributed by atoms with E-state index >= 15 is 0 Å². The first kappa shape index (κ1) is 24.9. The second-order valence-corrected chi connectivity index (χ2v) is 9.39. The van der Waals surface area contributed by atoms with Gasteiger partial charge >= 0.3 is 0 Å². The summed E-state index contributed by atoms with van der Waals surface area (Å²) in [4.78, 5) is 12.6. The second kappa shape index (κ2) is 11.1. The maximum atomic E-state index is 12.6. The lowest BCUT2D eigenvalue weighted by atomic mass is 9.84. The lowest BCUT2D eigenvalue weighted by molar-refractivity contribution is -0.122. The van der Waals surface area contributed by atoms with Crippen LogP contribution < -0.4 is 15.8 Å². The maximum absolute atomic E-state index is 12.6. The van der Waals surface area contributed by atoms with E-state index in [0.29, 0.717) is 28.5 Å². The van der Waals surface area contributed by atoms with Gasteiger partial charge in [0, 0.05) is 25.6 Å². The number of carbonyl (C=O) groups is 1. The lowest BCUT2D eigenvalue weighted by Gasteiger charge is -2.30. The van der Waals surface area contributed by atoms with Gasteiger partial charge in [0.05, 0.1) is 4.90 Å². The van der Waals surface area contributed by atoms with Gasteiger partial charge in [-0.1, -0.05) is 37.0 Å². The van der Waals surface area contributed by atoms with Gasteiger partial charge in [-0.05, 0) is 50.7 Å². The van der Waals surface area contributed by atoms with Crippen LogP contribution in [0.5, 0.6) is 0 Å². The molecule has 6 nitrogen and oxygen atoms in total. The van der Waals surface area contributed by atoms with Crippen LogP contribution in [0.15, 0.2) is 17.0 Å². The van der Waals surface area contributed by atoms with Crippen molar-refractivity contribution in [3.63, 3.8) is 0 Å². The number of halogens is 1. The molecule has 1 aromatic rings. The average Bonchev–Trinajstić information content (AvgIpc) is 2.59. The molecule has 1 saturated carbocycles. The minimum atomic E-state index is -3.64. The van der Waals surface area contributed by atoms with Gasteiger partial charge in [-0.15, -0.1) is 12.4 Å². The molecule has 1 aliphatic carbocycles. The number of aryl methyl sites for hydroxylation is 3. The van der Waals surface area contributed by atoms with Crippen molar-refractivity contribution in [3.05, 3.63) is 28.8 Å². The normalized spacial score (nSPS) is 16.3. The molecular weight excluding hydrogens is 398 g/mol. The molecule has 0 radical (unpaired) electrons. The molecule has 1 atom stereocenters. The van der Waals surface area contributed by atoms with Crippen LogP contribution in [0.3, 0.4) is 0 Å². The summed E-state index contributed by atoms with van der Waals surface area (Å²) in [5, 5.41) is 2.99. The van der Waals surface area contributed by atoms with Gasteiger partial charge in [0.15, 0.2) is 0 Å². The van der Waals surface area contributed by atoms with Crippen LogP contribution >= 0.6 is 12.4 Å². The quantitative estimate of drug-likeness (QED) is 0.588. The molecule has 0 aliphatic heterocycles. The molecule has 8 heteroatoms. The van der Waals surface area contributed by atoms with Gasteiger partial charge in [-0.25, -0.2) is 13.1 Å². The topological polar surface area (TPSA) is 101 Å². The Morgan fingerprint density at radius 3 is 2.25 bits per heavy atom. The lowest BCUT2D eigenvalue weighted by Crippen LogP contribution is -2.46. The molecule has 0 bridgehead atoms. The first-order valence-electron chi connectivity index (χ1n) is 9.81. The number of rotatable bonds is 8. The molecule has 1 aromatic carbocycles. The van der Waals surface area contributed by atoms with E-state index in [1.807, 2.05) is 19.1 Å². The molecule has 0 aromatic heterocycles. The summed E-state index contributed by atoms with van der Waals surface area (Å²) in [6, 6.07) is 3.69. The fourth-order valence-corrected chi connectivity index (χ4v) is 5.63. The molecule has 2 rings (SSSR count). The van der Waals surface area contributed by atoms with Crippen LogP contribution in [0.25, 0.3) is 0 Å². The largest absolute Gasteiger partial charge is 0.352 e. The first-order chi connectivity index (χ1) is 12.7. The van der Waals surface area contributed by atoms with Crippen molar-refractivity contribution in [3.8, 4) is 0 Å². The van der Waals surface area contributed by atoms with Gasteiger partial charge in [-0.2, -0.15) is 0 Å². The van der Waals surface area contributed by atoms with E-state index in [1.165, 1.54) is 19.3 Å². The Bertz CT molecular complexity index is 739. The van der Waals surface area contributed by atoms with Crippen LogP contribution in [-0.4, -0.2) is 33.5 Å². The van der Waals surface area contributed by atoms with Crippen molar-refractivity contribution in [2.24, 2.45) is 11.7 Å². The smallest absolute Gasteiger partial charge is 0.241 e. The Morgan fingerprint density at radius 2 is 1.71 bits per heavy atom. The van der Waals surface area contributed by atoms with Gasteiger partial charge in [-0.3, -0.25) is 4.79 Å². The minimum absolute atomic E-state index is 0. The number of carbonyl (C=O) groups excluding carboxylic acids is 1. The van der Waals surface area contributed by atoms with Crippen molar-refractivity contribution in [2.45, 2.75) is 70.2 Å². The summed E-state index contributed by atoms with van der Waals surface area (Å²) in [7, 11) is -3.64. The van der Waals surface area contributed by atoms with Crippen molar-refractivity contribution in [1.82, 2.24) is 10.0 Å². The van der Waals surface area contributed by atoms with E-state index in [-0.39, 0.29) is 37.3 Å². The zero-order valence-corrected chi connectivity index (χ0v) is 18.7. The monoisotopic (exact) mass is 431 g/mol. The van der Waals surface area contributed by atoms with Gasteiger partial charge in [0.2, 0.25) is 15.9 Å². The van der Waals surface area contributed by atoms with E-state index in [1.54, 1.807) is 13.8 Å². The molecule has 0 spiro atoms. The van der Waals surface area contributed by atoms with Gasteiger partial charge in [0.25, 0.3) is 0 Å². The van der Waals surface area contributed by atoms with E-state index < -0.39 is 10.0 Å². The van der Waals surface area contributed by atoms with Crippen LogP contribution in [0.2, 0.25) is 0 Å². The summed E-state index contributed by atoms with van der Waals surface area (Å²) < 4.78 is 27.8. The van der Waals surface area contributed by atoms with Crippen molar-refractivity contribution in [1.29, 1.82) is 0 Å². The molecule has 1 amide bonds. The molecule has 160 valence electrons. The predicted molar refractivity (Wildman–Crippen MR) is 115 cm³/mol. The number of amides is 1. The Labute approximate surface area is 175 Å². The minimum Gasteiger partial charge on any atom is -0.352 e. The fourth-order valence-electron chi connectivity index (χ4n) is 4.15. The zero-order chi connectivity index (χ0) is 20.0. The number of benzene rings is 1. The Kier molecular flexibility index (Phi) is 9.90. The van der Waals surface area contributed by atoms with Crippen molar-refractivity contribution < 1.29 is 13.2 Å². The summed E-state index contributed by atoms with van der Waals surface area (Å²) >= 11 is 0. The van der Waals surface area contributed by atoms with E-state index in [2.05, 4.69) is 10.0 Å². The SMILES string of the molecule is Cc1cc(C)c(S(=O)(=O)NCCC(=O)NC(CN)C2CCCCC2)c(C)c1.Cl. The third kappa shape index (κ3) is 6.72. The van der Waals surface area contributed by atoms with Crippen molar-refractivity contribution >= 4 is 28.3 Å². The molecule has 0 saturated heterocycles. The molecule has 1 fully saturated rings. The highest BCUT2D eigenvalue weighted by molar-refractivity contribution is 7.89. The molecule has 0 heterocycles. The Morgan fingerprint density at radius 1 is 1.14 bits per heavy atom. The van der Waals surface area contributed by atoms with Crippen molar-refractivity contribution in [2.75, 3.05) is 13.1 Å². The molecule has 28 heavy (non-hydrogen) atoms. The summed E-state index contributed by atoms with van der Waals surface area (Å²) in [6.07, 6.45) is 5.92. The number of nitrogens with two attached hydrogens (primary N) is 1. The van der Waals surface area contributed by atoms with Crippen LogP contribution in [0, 0.1) is 26.7 Å². The molecule has 1 aliphatic rings. The summed E-state index contributed by atoms with van der Waals surface area (Å²) in [5.74, 6) is 0.276. The predicted octanol–water partition coefficient (Wildman–Crippen LogP) is 2.73. The van der Waals surface area contributed by atoms with E-state index in [4.69, 9.17) is 5.73 Å². The molecule has 1 unspecified atom stereocenters. The third-order valence-electron chi connectivity index (χ3n) is 5.34. The van der Waals surface area contributed by atoms with Crippen LogP contribution in [0.1, 0.15) is 55.2 Å². The number of nitrogens with one attached hydrogen (secondary N) is 2. The number of sulfonamides is 1. The molecule has 4 N–H and O–H groups in total. The van der Waals surface area contributed by atoms with Gasteiger partial charge < -0.3 is 11.1 Å². The number of hydrogen-bond acceptors (Lipinski definition) is 4. The van der Waals surface area contributed by atoms with E-state index in [9.17, 15) is 13.2 Å². The Hall–Kier alpha value is -1.15. The van der Waals surface area contributed by atoms with E-state index in [0.717, 1.165) is 18.4 Å². The summed E-state index contributed by atoms with van der Waals surface area (Å²) in [5.41, 5.74) is 8.30. The van der Waals surface area contributed by atoms with Crippen LogP contribution in [-0.2, 0) is 14.8 Å². The highest BCUT2D eigenvalue weighted by Gasteiger charge is 2.24. The standard InChI is InChI=1S/C20H33N3O3S.ClH/c1-14-11-15(2)20(16(3)12-14)27(25,26)22-10-9-19(24)23-18(13-21)17-7-5-4-6-8-17;/h11-12,17-18,22H,4-10,13,21H2,1-3H3,(H,23,24);1H.